The Morgan fingerprint density at radius 2 is 2.09 bits per heavy atom. The fourth-order valence-corrected chi connectivity index (χ4v) is 2.01. The highest BCUT2D eigenvalue weighted by Crippen LogP contribution is 2.16. The summed E-state index contributed by atoms with van der Waals surface area (Å²) in [6, 6.07) is 10.3. The van der Waals surface area contributed by atoms with Crippen LogP contribution in [0.15, 0.2) is 47.7 Å². The Morgan fingerprint density at radius 3 is 2.70 bits per heavy atom. The summed E-state index contributed by atoms with van der Waals surface area (Å²) in [4.78, 5) is 15.1. The first-order valence-corrected chi connectivity index (χ1v) is 7.25. The van der Waals surface area contributed by atoms with Gasteiger partial charge in [0.2, 0.25) is 0 Å². The second-order valence-corrected chi connectivity index (χ2v) is 5.22. The number of pyridine rings is 1. The molecule has 118 valence electrons. The van der Waals surface area contributed by atoms with Gasteiger partial charge in [0.15, 0.2) is 5.11 Å². The van der Waals surface area contributed by atoms with Gasteiger partial charge in [-0.1, -0.05) is 6.07 Å². The summed E-state index contributed by atoms with van der Waals surface area (Å²) in [5, 5.41) is 16.4. The van der Waals surface area contributed by atoms with Crippen LogP contribution in [-0.4, -0.2) is 26.9 Å². The van der Waals surface area contributed by atoms with Crippen LogP contribution in [0.1, 0.15) is 28.5 Å². The van der Waals surface area contributed by atoms with Crippen molar-refractivity contribution in [3.63, 3.8) is 0 Å². The average molecular weight is 328 g/mol. The predicted octanol–water partition coefficient (Wildman–Crippen LogP) is 2.80. The Kier molecular flexibility index (Phi) is 5.37. The molecule has 1 heterocycles. The molecule has 1 aromatic carbocycles. The average Bonchev–Trinajstić information content (AvgIpc) is 2.55. The van der Waals surface area contributed by atoms with Crippen LogP contribution in [0.4, 0.5) is 5.69 Å². The monoisotopic (exact) mass is 328 g/mol. The molecule has 6 nitrogen and oxygen atoms in total. The Balaban J connectivity index is 2.01. The fraction of sp³-hybridized carbons (Fsp3) is 0.125. The van der Waals surface area contributed by atoms with Gasteiger partial charge < -0.3 is 10.4 Å². The van der Waals surface area contributed by atoms with Crippen molar-refractivity contribution >= 4 is 34.7 Å². The maximum atomic E-state index is 10.9. The number of carboxylic acid groups (broad SMARTS) is 1. The molecule has 0 aliphatic carbocycles. The number of benzene rings is 1. The van der Waals surface area contributed by atoms with Crippen molar-refractivity contribution in [3.8, 4) is 0 Å². The third-order valence-corrected chi connectivity index (χ3v) is 3.28. The first kappa shape index (κ1) is 16.6. The van der Waals surface area contributed by atoms with Gasteiger partial charge in [-0.2, -0.15) is 5.10 Å². The van der Waals surface area contributed by atoms with E-state index in [9.17, 15) is 4.79 Å². The van der Waals surface area contributed by atoms with Gasteiger partial charge in [-0.25, -0.2) is 4.79 Å². The van der Waals surface area contributed by atoms with Crippen LogP contribution in [0.3, 0.4) is 0 Å². The number of hydrogen-bond acceptors (Lipinski definition) is 4. The summed E-state index contributed by atoms with van der Waals surface area (Å²) in [5.41, 5.74) is 5.93. The van der Waals surface area contributed by atoms with Crippen LogP contribution in [0.25, 0.3) is 0 Å². The quantitative estimate of drug-likeness (QED) is 0.454. The molecular weight excluding hydrogens is 312 g/mol. The molecule has 2 aromatic rings. The lowest BCUT2D eigenvalue weighted by molar-refractivity contribution is 0.0697. The smallest absolute Gasteiger partial charge is 0.335 e. The predicted molar refractivity (Wildman–Crippen MR) is 93.9 cm³/mol. The van der Waals surface area contributed by atoms with E-state index in [1.54, 1.807) is 25.3 Å². The molecule has 0 spiro atoms. The zero-order chi connectivity index (χ0) is 16.8. The van der Waals surface area contributed by atoms with Gasteiger partial charge in [0.1, 0.15) is 0 Å². The van der Waals surface area contributed by atoms with Crippen molar-refractivity contribution in [1.29, 1.82) is 0 Å². The van der Waals surface area contributed by atoms with Gasteiger partial charge in [0, 0.05) is 11.9 Å². The summed E-state index contributed by atoms with van der Waals surface area (Å²) in [6.07, 6.45) is 1.69. The first-order chi connectivity index (χ1) is 11.0. The topological polar surface area (TPSA) is 86.6 Å². The Bertz CT molecular complexity index is 760. The summed E-state index contributed by atoms with van der Waals surface area (Å²) in [5.74, 6) is -0.962. The molecule has 0 amide bonds. The SMILES string of the molecule is C/C(=N\NC(=S)Nc1ccc(C(=O)O)cc1C)c1ccccn1. The van der Waals surface area contributed by atoms with E-state index in [-0.39, 0.29) is 5.56 Å². The minimum atomic E-state index is -0.962. The molecule has 0 atom stereocenters. The number of aromatic nitrogens is 1. The number of rotatable bonds is 4. The number of thiocarbonyl (C=S) groups is 1. The maximum absolute atomic E-state index is 10.9. The van der Waals surface area contributed by atoms with Crippen molar-refractivity contribution < 1.29 is 9.90 Å². The van der Waals surface area contributed by atoms with Gasteiger partial charge in [0.25, 0.3) is 0 Å². The number of carbonyl (C=O) groups is 1. The molecule has 3 N–H and O–H groups in total. The number of hydrazone groups is 1. The number of carboxylic acids is 1. The molecule has 0 bridgehead atoms. The standard InChI is InChI=1S/C16H16N4O2S/c1-10-9-12(15(21)22)6-7-13(10)18-16(23)20-19-11(2)14-5-3-4-8-17-14/h3-9H,1-2H3,(H,21,22)(H2,18,20,23)/b19-11+. The number of hydrogen-bond donors (Lipinski definition) is 3. The highest BCUT2D eigenvalue weighted by atomic mass is 32.1. The largest absolute Gasteiger partial charge is 0.478 e. The molecule has 0 aliphatic heterocycles. The van der Waals surface area contributed by atoms with Gasteiger partial charge in [-0.3, -0.25) is 10.4 Å². The molecule has 0 saturated heterocycles. The fourth-order valence-electron chi connectivity index (χ4n) is 1.86. The first-order valence-electron chi connectivity index (χ1n) is 6.84. The molecule has 0 saturated carbocycles. The van der Waals surface area contributed by atoms with E-state index in [0.29, 0.717) is 10.8 Å². The Labute approximate surface area is 139 Å². The van der Waals surface area contributed by atoms with Gasteiger partial charge in [-0.15, -0.1) is 0 Å². The van der Waals surface area contributed by atoms with E-state index >= 15 is 0 Å². The van der Waals surface area contributed by atoms with Gasteiger partial charge >= 0.3 is 5.97 Å². The second-order valence-electron chi connectivity index (χ2n) is 4.81. The van der Waals surface area contributed by atoms with Crippen molar-refractivity contribution in [2.45, 2.75) is 13.8 Å². The summed E-state index contributed by atoms with van der Waals surface area (Å²) in [7, 11) is 0. The Morgan fingerprint density at radius 1 is 1.30 bits per heavy atom. The third kappa shape index (κ3) is 4.58. The molecule has 0 radical (unpaired) electrons. The van der Waals surface area contributed by atoms with Crippen LogP contribution in [0.5, 0.6) is 0 Å². The minimum absolute atomic E-state index is 0.232. The van der Waals surface area contributed by atoms with Crippen molar-refractivity contribution in [1.82, 2.24) is 10.4 Å². The normalized spacial score (nSPS) is 11.0. The van der Waals surface area contributed by atoms with E-state index in [0.717, 1.165) is 16.9 Å². The van der Waals surface area contributed by atoms with Crippen LogP contribution in [-0.2, 0) is 0 Å². The maximum Gasteiger partial charge on any atom is 0.335 e. The molecule has 23 heavy (non-hydrogen) atoms. The van der Waals surface area contributed by atoms with E-state index in [1.165, 1.54) is 6.07 Å². The molecule has 0 unspecified atom stereocenters. The number of nitrogens with zero attached hydrogens (tertiary/aromatic N) is 2. The van der Waals surface area contributed by atoms with Crippen molar-refractivity contribution in [2.75, 3.05) is 5.32 Å². The molecule has 2 rings (SSSR count). The summed E-state index contributed by atoms with van der Waals surface area (Å²) >= 11 is 5.18. The van der Waals surface area contributed by atoms with E-state index in [4.69, 9.17) is 17.3 Å². The van der Waals surface area contributed by atoms with E-state index in [1.807, 2.05) is 25.1 Å². The zero-order valence-corrected chi connectivity index (χ0v) is 13.5. The zero-order valence-electron chi connectivity index (χ0n) is 12.7. The van der Waals surface area contributed by atoms with Crippen LogP contribution >= 0.6 is 12.2 Å². The van der Waals surface area contributed by atoms with Crippen molar-refractivity contribution in [2.24, 2.45) is 5.10 Å². The number of nitrogens with one attached hydrogen (secondary N) is 2. The van der Waals surface area contributed by atoms with E-state index < -0.39 is 5.97 Å². The lowest BCUT2D eigenvalue weighted by atomic mass is 10.1. The molecule has 7 heteroatoms. The van der Waals surface area contributed by atoms with Crippen LogP contribution < -0.4 is 10.7 Å². The summed E-state index contributed by atoms with van der Waals surface area (Å²) in [6.45, 7) is 3.63. The minimum Gasteiger partial charge on any atom is -0.478 e. The molecule has 0 aliphatic rings. The highest BCUT2D eigenvalue weighted by molar-refractivity contribution is 7.80. The Hall–Kier alpha value is -2.80. The second kappa shape index (κ2) is 7.46. The summed E-state index contributed by atoms with van der Waals surface area (Å²) < 4.78 is 0. The molecular formula is C16H16N4O2S. The number of aryl methyl sites for hydroxylation is 1. The molecule has 1 aromatic heterocycles. The third-order valence-electron chi connectivity index (χ3n) is 3.08. The number of aromatic carboxylic acids is 1. The van der Waals surface area contributed by atoms with Crippen molar-refractivity contribution in [3.05, 3.63) is 59.4 Å². The van der Waals surface area contributed by atoms with Gasteiger partial charge in [-0.05, 0) is 62.0 Å². The van der Waals surface area contributed by atoms with Crippen LogP contribution in [0.2, 0.25) is 0 Å². The van der Waals surface area contributed by atoms with Crippen LogP contribution in [0, 0.1) is 6.92 Å². The van der Waals surface area contributed by atoms with E-state index in [2.05, 4.69) is 20.8 Å². The number of anilines is 1. The highest BCUT2D eigenvalue weighted by Gasteiger charge is 2.06. The van der Waals surface area contributed by atoms with Gasteiger partial charge in [0.05, 0.1) is 17.0 Å². The molecule has 0 fully saturated rings. The lowest BCUT2D eigenvalue weighted by Crippen LogP contribution is -2.25. The lowest BCUT2D eigenvalue weighted by Gasteiger charge is -2.11.